The monoisotopic (exact) mass is 366 g/mol. The summed E-state index contributed by atoms with van der Waals surface area (Å²) in [5.74, 6) is -0.470. The Morgan fingerprint density at radius 1 is 0.963 bits per heavy atom. The molecular weight excluding hydrogens is 344 g/mol. The van der Waals surface area contributed by atoms with E-state index in [1.807, 2.05) is 44.2 Å². The van der Waals surface area contributed by atoms with E-state index in [1.165, 1.54) is 6.08 Å². The van der Waals surface area contributed by atoms with Crippen molar-refractivity contribution in [3.63, 3.8) is 0 Å². The molecule has 0 radical (unpaired) electrons. The number of ketones is 1. The van der Waals surface area contributed by atoms with Crippen LogP contribution in [-0.2, 0) is 4.79 Å². The fourth-order valence-electron chi connectivity index (χ4n) is 2.24. The van der Waals surface area contributed by atoms with E-state index in [-0.39, 0.29) is 11.5 Å². The number of carboxylic acid groups (broad SMARTS) is 1. The molecule has 5 nitrogen and oxygen atoms in total. The summed E-state index contributed by atoms with van der Waals surface area (Å²) in [6.07, 6.45) is 5.07. The van der Waals surface area contributed by atoms with Gasteiger partial charge in [-0.15, -0.1) is 0 Å². The van der Waals surface area contributed by atoms with Gasteiger partial charge >= 0.3 is 5.97 Å². The lowest BCUT2D eigenvalue weighted by Gasteiger charge is -2.08. The molecule has 2 aromatic carbocycles. The van der Waals surface area contributed by atoms with Crippen molar-refractivity contribution in [1.29, 1.82) is 0 Å². The summed E-state index contributed by atoms with van der Waals surface area (Å²) < 4.78 is 10.9. The second-order valence-corrected chi connectivity index (χ2v) is 6.01. The van der Waals surface area contributed by atoms with Crippen LogP contribution in [0.25, 0.3) is 6.08 Å². The molecule has 140 valence electrons. The van der Waals surface area contributed by atoms with Crippen molar-refractivity contribution in [3.8, 4) is 11.5 Å². The van der Waals surface area contributed by atoms with Gasteiger partial charge in [-0.05, 0) is 50.3 Å². The van der Waals surface area contributed by atoms with Crippen molar-refractivity contribution in [2.45, 2.75) is 13.8 Å². The van der Waals surface area contributed by atoms with Gasteiger partial charge in [0.05, 0.1) is 5.56 Å². The van der Waals surface area contributed by atoms with Crippen molar-refractivity contribution in [2.24, 2.45) is 0 Å². The maximum Gasteiger partial charge on any atom is 0.341 e. The van der Waals surface area contributed by atoms with Gasteiger partial charge in [-0.25, -0.2) is 4.79 Å². The van der Waals surface area contributed by atoms with Gasteiger partial charge < -0.3 is 14.6 Å². The number of ether oxygens (including phenoxy) is 2. The summed E-state index contributed by atoms with van der Waals surface area (Å²) in [6, 6.07) is 14.0. The van der Waals surface area contributed by atoms with Gasteiger partial charge in [0.2, 0.25) is 0 Å². The molecular formula is C22H22O5. The first-order valence-corrected chi connectivity index (χ1v) is 8.48. The highest BCUT2D eigenvalue weighted by Crippen LogP contribution is 2.22. The largest absolute Gasteiger partial charge is 0.489 e. The average molecular weight is 366 g/mol. The highest BCUT2D eigenvalue weighted by atomic mass is 16.5. The Labute approximate surface area is 158 Å². The zero-order valence-electron chi connectivity index (χ0n) is 15.3. The lowest BCUT2D eigenvalue weighted by atomic mass is 10.1. The number of aliphatic carboxylic acids is 1. The smallest absolute Gasteiger partial charge is 0.341 e. The zero-order valence-corrected chi connectivity index (χ0v) is 15.3. The number of rotatable bonds is 9. The second kappa shape index (κ2) is 9.97. The minimum Gasteiger partial charge on any atom is -0.489 e. The summed E-state index contributed by atoms with van der Waals surface area (Å²) in [5, 5.41) is 8.75. The van der Waals surface area contributed by atoms with Crippen LogP contribution in [0, 0.1) is 0 Å². The molecule has 0 aliphatic rings. The average Bonchev–Trinajstić information content (AvgIpc) is 2.65. The van der Waals surface area contributed by atoms with Crippen LogP contribution in [0.15, 0.2) is 66.3 Å². The summed E-state index contributed by atoms with van der Waals surface area (Å²) in [4.78, 5) is 23.2. The van der Waals surface area contributed by atoms with Crippen LogP contribution in [-0.4, -0.2) is 30.1 Å². The number of hydrogen-bond donors (Lipinski definition) is 1. The molecule has 0 heterocycles. The van der Waals surface area contributed by atoms with E-state index >= 15 is 0 Å². The number of carbonyl (C=O) groups is 2. The van der Waals surface area contributed by atoms with Gasteiger partial charge in [-0.2, -0.15) is 0 Å². The Bertz CT molecular complexity index is 861. The third kappa shape index (κ3) is 6.47. The molecule has 2 rings (SSSR count). The Morgan fingerprint density at radius 3 is 2.33 bits per heavy atom. The predicted molar refractivity (Wildman–Crippen MR) is 104 cm³/mol. The van der Waals surface area contributed by atoms with Gasteiger partial charge in [0.1, 0.15) is 18.1 Å². The number of hydrogen-bond acceptors (Lipinski definition) is 4. The summed E-state index contributed by atoms with van der Waals surface area (Å²) in [5.41, 5.74) is 2.24. The van der Waals surface area contributed by atoms with Crippen molar-refractivity contribution in [3.05, 3.63) is 77.4 Å². The van der Waals surface area contributed by atoms with Crippen LogP contribution in [0.1, 0.15) is 29.8 Å². The quantitative estimate of drug-likeness (QED) is 0.405. The molecule has 0 aliphatic carbocycles. The van der Waals surface area contributed by atoms with Gasteiger partial charge in [0.25, 0.3) is 0 Å². The maximum atomic E-state index is 12.5. The first kappa shape index (κ1) is 20.0. The van der Waals surface area contributed by atoms with E-state index in [0.29, 0.717) is 17.9 Å². The normalized spacial score (nSPS) is 10.4. The molecule has 2 aromatic rings. The highest BCUT2D eigenvalue weighted by Gasteiger charge is 2.11. The number of carbonyl (C=O) groups excluding carboxylic acids is 1. The number of para-hydroxylation sites is 2. The van der Waals surface area contributed by atoms with Crippen molar-refractivity contribution in [2.75, 3.05) is 13.2 Å². The molecule has 0 aliphatic heterocycles. The summed E-state index contributed by atoms with van der Waals surface area (Å²) in [7, 11) is 0. The van der Waals surface area contributed by atoms with Crippen LogP contribution in [0.5, 0.6) is 11.5 Å². The molecule has 0 amide bonds. The lowest BCUT2D eigenvalue weighted by Crippen LogP contribution is -2.11. The third-order valence-corrected chi connectivity index (χ3v) is 3.57. The van der Waals surface area contributed by atoms with Crippen molar-refractivity contribution < 1.29 is 24.2 Å². The van der Waals surface area contributed by atoms with Crippen LogP contribution >= 0.6 is 0 Å². The molecule has 27 heavy (non-hydrogen) atoms. The highest BCUT2D eigenvalue weighted by molar-refractivity contribution is 6.08. The third-order valence-electron chi connectivity index (χ3n) is 3.57. The Morgan fingerprint density at radius 2 is 1.63 bits per heavy atom. The first-order valence-electron chi connectivity index (χ1n) is 8.48. The molecule has 1 N–H and O–H groups in total. The van der Waals surface area contributed by atoms with Gasteiger partial charge in [-0.3, -0.25) is 4.79 Å². The Hall–Kier alpha value is -3.34. The molecule has 0 atom stereocenters. The van der Waals surface area contributed by atoms with Gasteiger partial charge in [0, 0.05) is 5.56 Å². The standard InChI is InChI=1S/C22H22O5/c1-16(2)13-14-26-20-9-5-3-7-17(20)11-12-19(23)18-8-4-6-10-21(18)27-15-22(24)25/h3-13H,14-15H2,1-2H3,(H,24,25). The van der Waals surface area contributed by atoms with E-state index in [1.54, 1.807) is 30.3 Å². The molecule has 0 spiro atoms. The Kier molecular flexibility index (Phi) is 7.37. The van der Waals surface area contributed by atoms with Crippen molar-refractivity contribution >= 4 is 17.8 Å². The van der Waals surface area contributed by atoms with Crippen LogP contribution in [0.3, 0.4) is 0 Å². The van der Waals surface area contributed by atoms with Crippen LogP contribution in [0.2, 0.25) is 0 Å². The number of allylic oxidation sites excluding steroid dienone is 2. The minimum atomic E-state index is -1.10. The van der Waals surface area contributed by atoms with Gasteiger partial charge in [-0.1, -0.05) is 35.9 Å². The van der Waals surface area contributed by atoms with Gasteiger partial charge in [0.15, 0.2) is 12.4 Å². The molecule has 0 saturated heterocycles. The molecule has 0 aromatic heterocycles. The van der Waals surface area contributed by atoms with Crippen molar-refractivity contribution in [1.82, 2.24) is 0 Å². The zero-order chi connectivity index (χ0) is 19.6. The predicted octanol–water partition coefficient (Wildman–Crippen LogP) is 4.39. The van der Waals surface area contributed by atoms with E-state index in [0.717, 1.165) is 11.1 Å². The van der Waals surface area contributed by atoms with E-state index in [2.05, 4.69) is 0 Å². The number of benzene rings is 2. The fourth-order valence-corrected chi connectivity index (χ4v) is 2.24. The molecule has 0 bridgehead atoms. The Balaban J connectivity index is 2.16. The molecule has 0 saturated carbocycles. The number of carboxylic acids is 1. The molecule has 5 heteroatoms. The van der Waals surface area contributed by atoms with E-state index in [9.17, 15) is 9.59 Å². The van der Waals surface area contributed by atoms with Crippen LogP contribution in [0.4, 0.5) is 0 Å². The SMILES string of the molecule is CC(C)=CCOc1ccccc1C=CC(=O)c1ccccc1OCC(=O)O. The van der Waals surface area contributed by atoms with E-state index < -0.39 is 12.6 Å². The lowest BCUT2D eigenvalue weighted by molar-refractivity contribution is -0.139. The summed E-state index contributed by atoms with van der Waals surface area (Å²) in [6.45, 7) is 3.94. The molecule has 0 fully saturated rings. The maximum absolute atomic E-state index is 12.5. The van der Waals surface area contributed by atoms with Crippen LogP contribution < -0.4 is 9.47 Å². The minimum absolute atomic E-state index is 0.239. The first-order chi connectivity index (χ1) is 13.0. The summed E-state index contributed by atoms with van der Waals surface area (Å²) >= 11 is 0. The topological polar surface area (TPSA) is 72.8 Å². The second-order valence-electron chi connectivity index (χ2n) is 6.01. The fraction of sp³-hybridized carbons (Fsp3) is 0.182. The molecule has 0 unspecified atom stereocenters. The van der Waals surface area contributed by atoms with E-state index in [4.69, 9.17) is 14.6 Å².